The standard InChI is InChI=1S/C22H44N2O2/c1-7-11-21(12-8-2,17-23-19(5)25)15-16-22(13-9-3,14-10-4)18-24-20(6)26/h7-18H2,1-6H3,(H,23,25)(H,24,26)/i1T,2T,3T,4T. The van der Waals surface area contributed by atoms with Crippen molar-refractivity contribution in [3.8, 4) is 0 Å². The molecule has 0 saturated carbocycles. The lowest BCUT2D eigenvalue weighted by Gasteiger charge is -2.40. The molecule has 0 aromatic rings. The van der Waals surface area contributed by atoms with Crippen molar-refractivity contribution >= 4 is 11.8 Å². The van der Waals surface area contributed by atoms with Gasteiger partial charge in [-0.1, -0.05) is 53.3 Å². The normalized spacial score (nSPS) is 14.1. The van der Waals surface area contributed by atoms with Crippen molar-refractivity contribution in [1.29, 1.82) is 0 Å². The van der Waals surface area contributed by atoms with Crippen molar-refractivity contribution in [1.82, 2.24) is 10.6 Å². The molecule has 26 heavy (non-hydrogen) atoms. The fourth-order valence-corrected chi connectivity index (χ4v) is 3.93. The van der Waals surface area contributed by atoms with Gasteiger partial charge in [0.05, 0.1) is 0 Å². The largest absolute Gasteiger partial charge is 0.356 e. The van der Waals surface area contributed by atoms with E-state index < -0.39 is 0 Å². The molecular formula is C22H44N2O2. The Morgan fingerprint density at radius 3 is 1.19 bits per heavy atom. The molecule has 2 amide bonds. The highest BCUT2D eigenvalue weighted by atomic mass is 16.2. The summed E-state index contributed by atoms with van der Waals surface area (Å²) in [7, 11) is 0. The Morgan fingerprint density at radius 2 is 0.962 bits per heavy atom. The number of nitrogens with one attached hydrogen (secondary N) is 2. The van der Waals surface area contributed by atoms with E-state index >= 15 is 0 Å². The summed E-state index contributed by atoms with van der Waals surface area (Å²) in [5, 5.41) is 5.97. The summed E-state index contributed by atoms with van der Waals surface area (Å²) in [5.74, 6) is -0.131. The molecule has 0 aliphatic heterocycles. The number of amides is 2. The van der Waals surface area contributed by atoms with Gasteiger partial charge >= 0.3 is 0 Å². The van der Waals surface area contributed by atoms with Gasteiger partial charge in [-0.3, -0.25) is 9.59 Å². The second kappa shape index (κ2) is 13.2. The highest BCUT2D eigenvalue weighted by Gasteiger charge is 2.35. The number of carbonyl (C=O) groups excluding carboxylic acids is 2. The highest BCUT2D eigenvalue weighted by molar-refractivity contribution is 5.73. The Kier molecular flexibility index (Phi) is 9.27. The van der Waals surface area contributed by atoms with Crippen molar-refractivity contribution in [3.05, 3.63) is 0 Å². The molecule has 0 saturated heterocycles. The van der Waals surface area contributed by atoms with E-state index in [-0.39, 0.29) is 22.6 Å². The fourth-order valence-electron chi connectivity index (χ4n) is 3.93. The zero-order valence-electron chi connectivity index (χ0n) is 21.1. The van der Waals surface area contributed by atoms with Crippen LogP contribution in [0.15, 0.2) is 0 Å². The summed E-state index contributed by atoms with van der Waals surface area (Å²) in [6.45, 7) is 5.52. The fraction of sp³-hybridized carbons (Fsp3) is 0.909. The van der Waals surface area contributed by atoms with E-state index in [4.69, 9.17) is 5.48 Å². The van der Waals surface area contributed by atoms with Gasteiger partial charge in [-0.05, 0) is 49.4 Å². The van der Waals surface area contributed by atoms with Crippen molar-refractivity contribution in [2.45, 2.75) is 106 Å². The molecule has 0 radical (unpaired) electrons. The van der Waals surface area contributed by atoms with Crippen molar-refractivity contribution in [2.24, 2.45) is 10.8 Å². The number of rotatable bonds is 15. The van der Waals surface area contributed by atoms with E-state index in [1.807, 2.05) is 0 Å². The molecule has 4 heteroatoms. The second-order valence-electron chi connectivity index (χ2n) is 7.73. The van der Waals surface area contributed by atoms with Crippen molar-refractivity contribution in [3.63, 3.8) is 0 Å². The van der Waals surface area contributed by atoms with E-state index in [1.165, 1.54) is 13.8 Å². The zero-order valence-corrected chi connectivity index (χ0v) is 17.1. The average molecular weight is 377 g/mol. The third kappa shape index (κ3) is 9.59. The van der Waals surface area contributed by atoms with Crippen LogP contribution in [0.4, 0.5) is 0 Å². The number of carbonyl (C=O) groups is 2. The van der Waals surface area contributed by atoms with Crippen molar-refractivity contribution in [2.75, 3.05) is 13.1 Å². The molecule has 0 unspecified atom stereocenters. The first-order chi connectivity index (χ1) is 14.3. The van der Waals surface area contributed by atoms with Gasteiger partial charge in [0.15, 0.2) is 0 Å². The Bertz CT molecular complexity index is 420. The number of hydrogen-bond donors (Lipinski definition) is 2. The maximum atomic E-state index is 11.6. The summed E-state index contributed by atoms with van der Waals surface area (Å²) in [5.41, 5.74) is -0.311. The van der Waals surface area contributed by atoms with Crippen LogP contribution in [0, 0.1) is 10.8 Å². The molecule has 0 fully saturated rings. The topological polar surface area (TPSA) is 58.2 Å². The SMILES string of the molecule is [3H]CCCC(CCC[3H])(CCC(CCC[3H])(CCC[3H])CNC(C)=O)CNC(C)=O. The molecule has 4 nitrogen and oxygen atoms in total. The van der Waals surface area contributed by atoms with Crippen LogP contribution in [-0.4, -0.2) is 24.9 Å². The van der Waals surface area contributed by atoms with Gasteiger partial charge < -0.3 is 10.6 Å². The molecule has 0 aromatic heterocycles. The third-order valence-electron chi connectivity index (χ3n) is 5.44. The summed E-state index contributed by atoms with van der Waals surface area (Å²) in [6, 6.07) is 0. The summed E-state index contributed by atoms with van der Waals surface area (Å²) in [4.78, 5) is 23.2. The first-order valence-corrected chi connectivity index (χ1v) is 9.94. The number of hydrogen-bond acceptors (Lipinski definition) is 2. The van der Waals surface area contributed by atoms with Crippen LogP contribution >= 0.6 is 0 Å². The average Bonchev–Trinajstić information content (AvgIpc) is 2.73. The van der Waals surface area contributed by atoms with Crippen LogP contribution in [0.3, 0.4) is 0 Å². The maximum absolute atomic E-state index is 11.6. The van der Waals surface area contributed by atoms with Crippen molar-refractivity contribution < 1.29 is 15.1 Å². The van der Waals surface area contributed by atoms with E-state index in [9.17, 15) is 9.59 Å². The summed E-state index contributed by atoms with van der Waals surface area (Å²) >= 11 is 0. The van der Waals surface area contributed by atoms with Crippen LogP contribution in [0.25, 0.3) is 0 Å². The van der Waals surface area contributed by atoms with Gasteiger partial charge in [-0.2, -0.15) is 0 Å². The molecule has 0 spiro atoms. The molecule has 0 heterocycles. The first kappa shape index (κ1) is 18.3. The van der Waals surface area contributed by atoms with Gasteiger partial charge in [0, 0.05) is 32.4 Å². The Hall–Kier alpha value is -1.06. The molecule has 0 atom stereocenters. The first-order valence-electron chi connectivity index (χ1n) is 12.8. The third-order valence-corrected chi connectivity index (χ3v) is 5.44. The lowest BCUT2D eigenvalue weighted by molar-refractivity contribution is -0.120. The predicted molar refractivity (Wildman–Crippen MR) is 111 cm³/mol. The Morgan fingerprint density at radius 1 is 0.654 bits per heavy atom. The van der Waals surface area contributed by atoms with Gasteiger partial charge in [0.2, 0.25) is 11.8 Å². The van der Waals surface area contributed by atoms with Crippen LogP contribution < -0.4 is 10.6 Å². The zero-order chi connectivity index (χ0) is 22.9. The molecule has 0 aliphatic carbocycles. The van der Waals surface area contributed by atoms with Gasteiger partial charge in [0.25, 0.3) is 0 Å². The monoisotopic (exact) mass is 376 g/mol. The highest BCUT2D eigenvalue weighted by Crippen LogP contribution is 2.42. The lowest BCUT2D eigenvalue weighted by atomic mass is 9.68. The minimum absolute atomic E-state index is 0.0657. The van der Waals surface area contributed by atoms with E-state index in [2.05, 4.69) is 10.6 Å². The van der Waals surface area contributed by atoms with Gasteiger partial charge in [-0.25, -0.2) is 0 Å². The predicted octanol–water partition coefficient (Wildman–Crippen LogP) is 5.21. The maximum Gasteiger partial charge on any atom is 0.216 e. The molecule has 0 bridgehead atoms. The molecular weight excluding hydrogens is 324 g/mol. The van der Waals surface area contributed by atoms with Crippen LogP contribution in [0.1, 0.15) is 111 Å². The minimum atomic E-state index is -0.156. The molecule has 2 N–H and O–H groups in total. The summed E-state index contributed by atoms with van der Waals surface area (Å²) in [6.07, 6.45) is 8.09. The van der Waals surface area contributed by atoms with E-state index in [0.29, 0.717) is 40.7 Å². The Labute approximate surface area is 167 Å². The molecule has 154 valence electrons. The molecule has 0 aliphatic rings. The molecule has 0 aromatic carbocycles. The van der Waals surface area contributed by atoms with Gasteiger partial charge in [0.1, 0.15) is 0 Å². The van der Waals surface area contributed by atoms with Crippen LogP contribution in [0.2, 0.25) is 0 Å². The molecule has 0 rings (SSSR count). The quantitative estimate of drug-likeness (QED) is 0.412. The second-order valence-corrected chi connectivity index (χ2v) is 7.73. The van der Waals surface area contributed by atoms with Gasteiger partial charge in [-0.15, -0.1) is 0 Å². The smallest absolute Gasteiger partial charge is 0.216 e. The summed E-state index contributed by atoms with van der Waals surface area (Å²) < 4.78 is 30.5. The Balaban J connectivity index is 5.65. The van der Waals surface area contributed by atoms with E-state index in [0.717, 1.165) is 64.2 Å². The lowest BCUT2D eigenvalue weighted by Crippen LogP contribution is -2.41. The van der Waals surface area contributed by atoms with Crippen LogP contribution in [-0.2, 0) is 9.59 Å². The minimum Gasteiger partial charge on any atom is -0.356 e. The van der Waals surface area contributed by atoms with Crippen LogP contribution in [0.5, 0.6) is 0 Å². The van der Waals surface area contributed by atoms with E-state index in [1.54, 1.807) is 0 Å².